The number of amides is 1. The van der Waals surface area contributed by atoms with E-state index in [9.17, 15) is 4.79 Å². The summed E-state index contributed by atoms with van der Waals surface area (Å²) in [5, 5.41) is 4.25. The van der Waals surface area contributed by atoms with E-state index in [1.165, 1.54) is 10.1 Å². The highest BCUT2D eigenvalue weighted by atomic mass is 16.2. The molecule has 1 aromatic carbocycles. The first-order chi connectivity index (χ1) is 13.2. The molecule has 0 aliphatic carbocycles. The Morgan fingerprint density at radius 1 is 1.11 bits per heavy atom. The monoisotopic (exact) mass is 359 g/mol. The predicted octanol–water partition coefficient (Wildman–Crippen LogP) is 2.35. The molecule has 0 bridgehead atoms. The van der Waals surface area contributed by atoms with E-state index in [1.807, 2.05) is 22.9 Å². The fraction of sp³-hybridized carbons (Fsp3) is 0.211. The molecule has 1 aliphatic heterocycles. The van der Waals surface area contributed by atoms with E-state index in [0.717, 1.165) is 24.2 Å². The van der Waals surface area contributed by atoms with Crippen molar-refractivity contribution < 1.29 is 4.79 Å². The van der Waals surface area contributed by atoms with Crippen LogP contribution < -0.4 is 4.90 Å². The molecule has 4 heterocycles. The fourth-order valence-corrected chi connectivity index (χ4v) is 3.29. The van der Waals surface area contributed by atoms with Gasteiger partial charge in [0.05, 0.1) is 5.69 Å². The molecule has 8 heteroatoms. The van der Waals surface area contributed by atoms with E-state index in [-0.39, 0.29) is 11.7 Å². The highest BCUT2D eigenvalue weighted by Gasteiger charge is 2.29. The Bertz CT molecular complexity index is 1110. The molecular formula is C19H17N7O. The van der Waals surface area contributed by atoms with E-state index in [2.05, 4.69) is 34.1 Å². The van der Waals surface area contributed by atoms with Crippen LogP contribution in [0.25, 0.3) is 17.0 Å². The number of aromatic nitrogens is 6. The van der Waals surface area contributed by atoms with Gasteiger partial charge in [0.1, 0.15) is 0 Å². The molecule has 0 atom stereocenters. The Balaban J connectivity index is 1.52. The van der Waals surface area contributed by atoms with Gasteiger partial charge in [-0.2, -0.15) is 4.98 Å². The number of fused-ring (bicyclic) bond motifs is 2. The first-order valence-electron chi connectivity index (χ1n) is 8.82. The second kappa shape index (κ2) is 6.01. The van der Waals surface area contributed by atoms with Crippen molar-refractivity contribution in [1.29, 1.82) is 0 Å². The summed E-state index contributed by atoms with van der Waals surface area (Å²) in [4.78, 5) is 27.8. The third-order valence-corrected chi connectivity index (χ3v) is 4.68. The quantitative estimate of drug-likeness (QED) is 0.549. The minimum absolute atomic E-state index is 0.127. The number of hydrogen-bond acceptors (Lipinski definition) is 5. The molecule has 27 heavy (non-hydrogen) atoms. The van der Waals surface area contributed by atoms with Gasteiger partial charge >= 0.3 is 0 Å². The van der Waals surface area contributed by atoms with Crippen LogP contribution in [-0.2, 0) is 6.54 Å². The lowest BCUT2D eigenvalue weighted by molar-refractivity contribution is 0.0971. The molecule has 0 spiro atoms. The van der Waals surface area contributed by atoms with Crippen LogP contribution in [0.3, 0.4) is 0 Å². The average Bonchev–Trinajstić information content (AvgIpc) is 3.31. The number of hydrogen-bond donors (Lipinski definition) is 0. The number of anilines is 1. The molecule has 0 N–H and O–H groups in total. The van der Waals surface area contributed by atoms with Crippen molar-refractivity contribution in [3.8, 4) is 11.3 Å². The Morgan fingerprint density at radius 2 is 1.96 bits per heavy atom. The molecule has 8 nitrogen and oxygen atoms in total. The smallest absolute Gasteiger partial charge is 0.300 e. The van der Waals surface area contributed by atoms with E-state index < -0.39 is 0 Å². The molecule has 0 fully saturated rings. The van der Waals surface area contributed by atoms with Crippen molar-refractivity contribution >= 4 is 17.6 Å². The van der Waals surface area contributed by atoms with Crippen LogP contribution in [0.5, 0.6) is 0 Å². The summed E-state index contributed by atoms with van der Waals surface area (Å²) < 4.78 is 3.52. The van der Waals surface area contributed by atoms with Crippen LogP contribution in [0.15, 0.2) is 48.9 Å². The number of aryl methyl sites for hydroxylation is 2. The van der Waals surface area contributed by atoms with Crippen molar-refractivity contribution in [1.82, 2.24) is 29.1 Å². The number of imidazole rings is 1. The third kappa shape index (κ3) is 2.66. The summed E-state index contributed by atoms with van der Waals surface area (Å²) in [6, 6.07) is 9.96. The maximum absolute atomic E-state index is 13.0. The standard InChI is InChI=1S/C19H17N7O/c1-13-4-6-14(7-5-13)15-12-24-9-3-10-25(19(24)21-15)17(27)16-22-18-20-8-2-11-26(18)23-16/h2,4-8,11-12H,3,9-10H2,1H3. The lowest BCUT2D eigenvalue weighted by Crippen LogP contribution is -2.38. The molecule has 0 radical (unpaired) electrons. The van der Waals surface area contributed by atoms with Gasteiger partial charge in [-0.3, -0.25) is 9.69 Å². The molecule has 3 aromatic heterocycles. The molecule has 5 rings (SSSR count). The van der Waals surface area contributed by atoms with Gasteiger partial charge in [-0.1, -0.05) is 29.8 Å². The molecule has 0 saturated carbocycles. The molecular weight excluding hydrogens is 342 g/mol. The van der Waals surface area contributed by atoms with E-state index in [1.54, 1.807) is 23.4 Å². The molecule has 4 aromatic rings. The summed E-state index contributed by atoms with van der Waals surface area (Å²) in [5.74, 6) is 0.903. The second-order valence-electron chi connectivity index (χ2n) is 6.60. The van der Waals surface area contributed by atoms with E-state index in [0.29, 0.717) is 18.3 Å². The van der Waals surface area contributed by atoms with Gasteiger partial charge in [0.15, 0.2) is 0 Å². The number of rotatable bonds is 2. The maximum Gasteiger partial charge on any atom is 0.300 e. The van der Waals surface area contributed by atoms with Crippen LogP contribution in [0.4, 0.5) is 5.95 Å². The van der Waals surface area contributed by atoms with Gasteiger partial charge < -0.3 is 4.57 Å². The summed E-state index contributed by atoms with van der Waals surface area (Å²) in [6.45, 7) is 3.48. The topological polar surface area (TPSA) is 81.2 Å². The van der Waals surface area contributed by atoms with Gasteiger partial charge in [-0.25, -0.2) is 14.5 Å². The Morgan fingerprint density at radius 3 is 2.78 bits per heavy atom. The van der Waals surface area contributed by atoms with E-state index in [4.69, 9.17) is 4.98 Å². The predicted molar refractivity (Wildman–Crippen MR) is 99.5 cm³/mol. The van der Waals surface area contributed by atoms with Crippen LogP contribution >= 0.6 is 0 Å². The SMILES string of the molecule is Cc1ccc(-c2cn3c(n2)N(C(=O)c2nc4ncccn4n2)CCC3)cc1. The Labute approximate surface area is 155 Å². The highest BCUT2D eigenvalue weighted by Crippen LogP contribution is 2.27. The summed E-state index contributed by atoms with van der Waals surface area (Å²) in [5.41, 5.74) is 3.09. The number of nitrogens with zero attached hydrogens (tertiary/aromatic N) is 7. The highest BCUT2D eigenvalue weighted by molar-refractivity contribution is 6.03. The summed E-state index contributed by atoms with van der Waals surface area (Å²) in [6.07, 6.45) is 6.20. The minimum Gasteiger partial charge on any atom is -0.316 e. The summed E-state index contributed by atoms with van der Waals surface area (Å²) in [7, 11) is 0. The molecule has 0 saturated heterocycles. The van der Waals surface area contributed by atoms with Gasteiger partial charge in [0, 0.05) is 37.2 Å². The van der Waals surface area contributed by atoms with Gasteiger partial charge in [0.25, 0.3) is 11.7 Å². The van der Waals surface area contributed by atoms with Crippen molar-refractivity contribution in [2.75, 3.05) is 11.4 Å². The van der Waals surface area contributed by atoms with Crippen molar-refractivity contribution in [3.63, 3.8) is 0 Å². The van der Waals surface area contributed by atoms with Crippen molar-refractivity contribution in [3.05, 3.63) is 60.3 Å². The molecule has 1 amide bonds. The van der Waals surface area contributed by atoms with Gasteiger partial charge in [-0.05, 0) is 19.4 Å². The fourth-order valence-electron chi connectivity index (χ4n) is 3.29. The molecule has 1 aliphatic rings. The zero-order valence-corrected chi connectivity index (χ0v) is 14.8. The Hall–Kier alpha value is -3.55. The largest absolute Gasteiger partial charge is 0.316 e. The zero-order valence-electron chi connectivity index (χ0n) is 14.8. The third-order valence-electron chi connectivity index (χ3n) is 4.68. The molecule has 0 unspecified atom stereocenters. The van der Waals surface area contributed by atoms with Crippen LogP contribution in [0.2, 0.25) is 0 Å². The number of carbonyl (C=O) groups is 1. The van der Waals surface area contributed by atoms with Crippen LogP contribution in [-0.4, -0.2) is 41.6 Å². The number of benzene rings is 1. The maximum atomic E-state index is 13.0. The first-order valence-corrected chi connectivity index (χ1v) is 8.82. The van der Waals surface area contributed by atoms with Crippen LogP contribution in [0, 0.1) is 6.92 Å². The lowest BCUT2D eigenvalue weighted by atomic mass is 10.1. The molecule has 134 valence electrons. The van der Waals surface area contributed by atoms with Crippen molar-refractivity contribution in [2.45, 2.75) is 19.9 Å². The van der Waals surface area contributed by atoms with Crippen molar-refractivity contribution in [2.24, 2.45) is 0 Å². The lowest BCUT2D eigenvalue weighted by Gasteiger charge is -2.25. The van der Waals surface area contributed by atoms with E-state index >= 15 is 0 Å². The second-order valence-corrected chi connectivity index (χ2v) is 6.60. The summed E-state index contributed by atoms with van der Waals surface area (Å²) >= 11 is 0. The van der Waals surface area contributed by atoms with Gasteiger partial charge in [-0.15, -0.1) is 5.10 Å². The average molecular weight is 359 g/mol. The van der Waals surface area contributed by atoms with Gasteiger partial charge in [0.2, 0.25) is 11.8 Å². The number of carbonyl (C=O) groups excluding carboxylic acids is 1. The zero-order chi connectivity index (χ0) is 18.4. The first kappa shape index (κ1) is 15.7. The minimum atomic E-state index is -0.262. The van der Waals surface area contributed by atoms with Crippen LogP contribution in [0.1, 0.15) is 22.6 Å². The Kier molecular flexibility index (Phi) is 3.49. The normalized spacial score (nSPS) is 13.7.